The van der Waals surface area contributed by atoms with E-state index in [-0.39, 0.29) is 5.91 Å². The Morgan fingerprint density at radius 3 is 2.89 bits per heavy atom. The third-order valence-corrected chi connectivity index (χ3v) is 5.08. The number of carbonyl (C=O) groups excluding carboxylic acids is 1. The highest BCUT2D eigenvalue weighted by atomic mass is 32.1. The number of fused-ring (bicyclic) bond motifs is 1. The first kappa shape index (κ1) is 12.2. The maximum absolute atomic E-state index is 12.2. The number of nitrogen functional groups attached to an aromatic ring is 1. The Balaban J connectivity index is 1.89. The van der Waals surface area contributed by atoms with Gasteiger partial charge in [0.25, 0.3) is 5.91 Å². The smallest absolute Gasteiger partial charge is 0.265 e. The first-order valence-electron chi connectivity index (χ1n) is 5.78. The number of rotatable bonds is 2. The zero-order valence-electron chi connectivity index (χ0n) is 10.3. The standard InChI is InChI=1S/C14H12N2OS2/c1-8-9(15)3-2-4-10(8)16-14(17)13-7-12-11(19-13)5-6-18-12/h2-7H,15H2,1H3,(H,16,17). The number of anilines is 2. The molecule has 3 rings (SSSR count). The van der Waals surface area contributed by atoms with Gasteiger partial charge in [-0.15, -0.1) is 22.7 Å². The summed E-state index contributed by atoms with van der Waals surface area (Å²) in [6, 6.07) is 9.49. The highest BCUT2D eigenvalue weighted by Gasteiger charge is 2.12. The number of hydrogen-bond donors (Lipinski definition) is 2. The maximum atomic E-state index is 12.2. The lowest BCUT2D eigenvalue weighted by molar-refractivity contribution is 0.103. The van der Waals surface area contributed by atoms with E-state index >= 15 is 0 Å². The molecule has 0 fully saturated rings. The average Bonchev–Trinajstić information content (AvgIpc) is 2.95. The van der Waals surface area contributed by atoms with Gasteiger partial charge in [-0.1, -0.05) is 6.07 Å². The molecule has 2 heterocycles. The maximum Gasteiger partial charge on any atom is 0.265 e. The first-order valence-corrected chi connectivity index (χ1v) is 7.48. The number of amides is 1. The summed E-state index contributed by atoms with van der Waals surface area (Å²) in [5, 5.41) is 4.95. The predicted octanol–water partition coefficient (Wildman–Crippen LogP) is 4.11. The minimum absolute atomic E-state index is 0.0814. The fourth-order valence-electron chi connectivity index (χ4n) is 1.85. The van der Waals surface area contributed by atoms with Gasteiger partial charge in [0.1, 0.15) is 0 Å². The highest BCUT2D eigenvalue weighted by Crippen LogP contribution is 2.30. The van der Waals surface area contributed by atoms with Gasteiger partial charge in [-0.25, -0.2) is 0 Å². The topological polar surface area (TPSA) is 55.1 Å². The molecule has 5 heteroatoms. The van der Waals surface area contributed by atoms with Crippen molar-refractivity contribution < 1.29 is 4.79 Å². The fourth-order valence-corrected chi connectivity index (χ4v) is 3.85. The van der Waals surface area contributed by atoms with Crippen molar-refractivity contribution in [3.05, 3.63) is 46.2 Å². The molecule has 0 aliphatic carbocycles. The third kappa shape index (κ3) is 2.22. The number of hydrogen-bond acceptors (Lipinski definition) is 4. The molecule has 0 unspecified atom stereocenters. The van der Waals surface area contributed by atoms with Crippen molar-refractivity contribution in [2.75, 3.05) is 11.1 Å². The van der Waals surface area contributed by atoms with Crippen LogP contribution in [0.4, 0.5) is 11.4 Å². The second-order valence-electron chi connectivity index (χ2n) is 4.23. The molecule has 0 bridgehead atoms. The van der Waals surface area contributed by atoms with E-state index in [1.54, 1.807) is 11.3 Å². The van der Waals surface area contributed by atoms with Gasteiger partial charge in [0.15, 0.2) is 0 Å². The predicted molar refractivity (Wildman–Crippen MR) is 83.2 cm³/mol. The molecule has 0 spiro atoms. The summed E-state index contributed by atoms with van der Waals surface area (Å²) < 4.78 is 2.30. The Kier molecular flexibility index (Phi) is 3.00. The van der Waals surface area contributed by atoms with Crippen LogP contribution in [0.1, 0.15) is 15.2 Å². The summed E-state index contributed by atoms with van der Waals surface area (Å²) in [5.41, 5.74) is 8.18. The van der Waals surface area contributed by atoms with E-state index in [1.807, 2.05) is 42.6 Å². The van der Waals surface area contributed by atoms with Crippen molar-refractivity contribution in [2.24, 2.45) is 0 Å². The molecule has 19 heavy (non-hydrogen) atoms. The van der Waals surface area contributed by atoms with Crippen molar-refractivity contribution in [3.63, 3.8) is 0 Å². The molecule has 3 N–H and O–H groups in total. The Morgan fingerprint density at radius 2 is 2.11 bits per heavy atom. The summed E-state index contributed by atoms with van der Waals surface area (Å²) in [5.74, 6) is -0.0814. The third-order valence-electron chi connectivity index (χ3n) is 2.99. The van der Waals surface area contributed by atoms with Crippen LogP contribution < -0.4 is 11.1 Å². The van der Waals surface area contributed by atoms with Crippen LogP contribution in [0.2, 0.25) is 0 Å². The number of thiophene rings is 2. The highest BCUT2D eigenvalue weighted by molar-refractivity contribution is 7.27. The average molecular weight is 288 g/mol. The van der Waals surface area contributed by atoms with Gasteiger partial charge >= 0.3 is 0 Å². The summed E-state index contributed by atoms with van der Waals surface area (Å²) in [4.78, 5) is 12.9. The molecule has 1 aromatic carbocycles. The number of benzene rings is 1. The number of nitrogens with one attached hydrogen (secondary N) is 1. The largest absolute Gasteiger partial charge is 0.398 e. The molecule has 3 nitrogen and oxygen atoms in total. The molecule has 96 valence electrons. The lowest BCUT2D eigenvalue weighted by atomic mass is 10.1. The normalized spacial score (nSPS) is 10.8. The van der Waals surface area contributed by atoms with Crippen LogP contribution in [0.15, 0.2) is 35.7 Å². The van der Waals surface area contributed by atoms with E-state index in [2.05, 4.69) is 5.32 Å². The van der Waals surface area contributed by atoms with Crippen molar-refractivity contribution >= 4 is 49.4 Å². The minimum Gasteiger partial charge on any atom is -0.398 e. The molecule has 0 aliphatic heterocycles. The van der Waals surface area contributed by atoms with Crippen molar-refractivity contribution in [3.8, 4) is 0 Å². The summed E-state index contributed by atoms with van der Waals surface area (Å²) >= 11 is 3.16. The number of nitrogens with two attached hydrogens (primary N) is 1. The second-order valence-corrected chi connectivity index (χ2v) is 6.27. The molecule has 1 amide bonds. The van der Waals surface area contributed by atoms with E-state index in [1.165, 1.54) is 11.3 Å². The SMILES string of the molecule is Cc1c(N)cccc1NC(=O)c1cc2sccc2s1. The monoisotopic (exact) mass is 288 g/mol. The van der Waals surface area contributed by atoms with Gasteiger partial charge < -0.3 is 11.1 Å². The van der Waals surface area contributed by atoms with Gasteiger partial charge in [0, 0.05) is 20.8 Å². The molecule has 2 aromatic heterocycles. The Hall–Kier alpha value is -1.85. The molecular weight excluding hydrogens is 276 g/mol. The zero-order chi connectivity index (χ0) is 13.4. The van der Waals surface area contributed by atoms with Gasteiger partial charge in [0.2, 0.25) is 0 Å². The quantitative estimate of drug-likeness (QED) is 0.697. The minimum atomic E-state index is -0.0814. The van der Waals surface area contributed by atoms with Gasteiger partial charge in [0.05, 0.1) is 4.88 Å². The van der Waals surface area contributed by atoms with Gasteiger partial charge in [-0.05, 0) is 42.1 Å². The van der Waals surface area contributed by atoms with Gasteiger partial charge in [-0.3, -0.25) is 4.79 Å². The molecular formula is C14H12N2OS2. The first-order chi connectivity index (χ1) is 9.15. The van der Waals surface area contributed by atoms with Crippen LogP contribution in [0.3, 0.4) is 0 Å². The van der Waals surface area contributed by atoms with E-state index < -0.39 is 0 Å². The molecule has 0 saturated carbocycles. The molecule has 3 aromatic rings. The molecule has 0 atom stereocenters. The Labute approximate surface area is 118 Å². The summed E-state index contributed by atoms with van der Waals surface area (Å²) in [6.07, 6.45) is 0. The van der Waals surface area contributed by atoms with Crippen molar-refractivity contribution in [1.82, 2.24) is 0 Å². The van der Waals surface area contributed by atoms with Crippen LogP contribution in [-0.2, 0) is 0 Å². The van der Waals surface area contributed by atoms with Crippen LogP contribution in [0.25, 0.3) is 9.40 Å². The number of carbonyl (C=O) groups is 1. The second kappa shape index (κ2) is 4.68. The summed E-state index contributed by atoms with van der Waals surface area (Å²) in [6.45, 7) is 1.90. The Morgan fingerprint density at radius 1 is 1.26 bits per heavy atom. The molecule has 0 aliphatic rings. The van der Waals surface area contributed by atoms with E-state index in [0.717, 1.165) is 25.5 Å². The van der Waals surface area contributed by atoms with Crippen LogP contribution in [0.5, 0.6) is 0 Å². The van der Waals surface area contributed by atoms with E-state index in [4.69, 9.17) is 5.73 Å². The van der Waals surface area contributed by atoms with Gasteiger partial charge in [-0.2, -0.15) is 0 Å². The summed E-state index contributed by atoms with van der Waals surface area (Å²) in [7, 11) is 0. The van der Waals surface area contributed by atoms with Crippen LogP contribution in [0, 0.1) is 6.92 Å². The van der Waals surface area contributed by atoms with Crippen LogP contribution in [-0.4, -0.2) is 5.91 Å². The Bertz CT molecular complexity index is 729. The molecule has 0 radical (unpaired) electrons. The fraction of sp³-hybridized carbons (Fsp3) is 0.0714. The van der Waals surface area contributed by atoms with Crippen LogP contribution >= 0.6 is 22.7 Å². The lowest BCUT2D eigenvalue weighted by Gasteiger charge is -2.09. The van der Waals surface area contributed by atoms with Crippen molar-refractivity contribution in [2.45, 2.75) is 6.92 Å². The molecule has 0 saturated heterocycles. The van der Waals surface area contributed by atoms with Crippen molar-refractivity contribution in [1.29, 1.82) is 0 Å². The van der Waals surface area contributed by atoms with E-state index in [9.17, 15) is 4.79 Å². The van der Waals surface area contributed by atoms with E-state index in [0.29, 0.717) is 5.69 Å². The zero-order valence-corrected chi connectivity index (χ0v) is 11.9. The lowest BCUT2D eigenvalue weighted by Crippen LogP contribution is -2.11.